The van der Waals surface area contributed by atoms with E-state index in [0.29, 0.717) is 23.2 Å². The lowest BCUT2D eigenvalue weighted by atomic mass is 10.1. The molecule has 0 fully saturated rings. The monoisotopic (exact) mass is 373 g/mol. The van der Waals surface area contributed by atoms with Crippen molar-refractivity contribution in [3.63, 3.8) is 0 Å². The second-order valence-electron chi connectivity index (χ2n) is 6.67. The second kappa shape index (κ2) is 7.11. The molecule has 4 aromatic rings. The number of nitrogens with one attached hydrogen (secondary N) is 2. The normalized spacial score (nSPS) is 10.9. The lowest BCUT2D eigenvalue weighted by Crippen LogP contribution is -2.22. The van der Waals surface area contributed by atoms with Crippen LogP contribution in [-0.2, 0) is 6.42 Å². The third kappa shape index (κ3) is 3.42. The number of hydrogen-bond donors (Lipinski definition) is 2. The van der Waals surface area contributed by atoms with Crippen LogP contribution in [-0.4, -0.2) is 25.5 Å². The predicted octanol–water partition coefficient (Wildman–Crippen LogP) is 2.88. The second-order valence-corrected chi connectivity index (χ2v) is 6.67. The summed E-state index contributed by atoms with van der Waals surface area (Å²) in [5, 5.41) is 5.51. The van der Waals surface area contributed by atoms with Crippen LogP contribution in [0.4, 0.5) is 5.95 Å². The van der Waals surface area contributed by atoms with Crippen LogP contribution in [0, 0.1) is 13.8 Å². The summed E-state index contributed by atoms with van der Waals surface area (Å²) < 4.78 is 1.26. The largest absolute Gasteiger partial charge is 0.291 e. The van der Waals surface area contributed by atoms with Crippen molar-refractivity contribution in [3.05, 3.63) is 92.9 Å². The molecule has 0 unspecified atom stereocenters. The van der Waals surface area contributed by atoms with E-state index in [1.807, 2.05) is 49.4 Å². The number of aryl methyl sites for hydroxylation is 2. The summed E-state index contributed by atoms with van der Waals surface area (Å²) >= 11 is 0. The molecule has 7 heteroatoms. The Hall–Kier alpha value is -3.74. The van der Waals surface area contributed by atoms with Crippen molar-refractivity contribution in [2.24, 2.45) is 0 Å². The van der Waals surface area contributed by atoms with Crippen molar-refractivity contribution in [2.75, 3.05) is 5.32 Å². The molecule has 0 aliphatic carbocycles. The van der Waals surface area contributed by atoms with E-state index >= 15 is 0 Å². The van der Waals surface area contributed by atoms with Crippen LogP contribution in [0.1, 0.15) is 32.7 Å². The van der Waals surface area contributed by atoms with Gasteiger partial charge in [0.05, 0.1) is 5.69 Å². The van der Waals surface area contributed by atoms with E-state index in [4.69, 9.17) is 0 Å². The number of H-pyrrole nitrogens is 1. The van der Waals surface area contributed by atoms with Gasteiger partial charge in [0.25, 0.3) is 17.2 Å². The van der Waals surface area contributed by atoms with Crippen LogP contribution in [0.15, 0.2) is 59.4 Å². The highest BCUT2D eigenvalue weighted by Crippen LogP contribution is 2.11. The molecule has 0 radical (unpaired) electrons. The number of carbonyl (C=O) groups is 1. The van der Waals surface area contributed by atoms with Crippen molar-refractivity contribution < 1.29 is 4.79 Å². The van der Waals surface area contributed by atoms with Gasteiger partial charge in [-0.2, -0.15) is 9.50 Å². The van der Waals surface area contributed by atoms with E-state index < -0.39 is 0 Å². The van der Waals surface area contributed by atoms with Gasteiger partial charge in [0.2, 0.25) is 5.95 Å². The standard InChI is InChI=1S/C21H19N5O2/c1-13-8-10-16(11-9-13)18(27)23-20-24-21-22-14(2)17(19(28)26(21)25-20)12-15-6-4-3-5-7-15/h3-11H,12H2,1-2H3,(H2,22,23,24,25,27). The lowest BCUT2D eigenvalue weighted by Gasteiger charge is -2.04. The Labute approximate surface area is 161 Å². The first-order valence-corrected chi connectivity index (χ1v) is 8.91. The minimum atomic E-state index is -0.312. The van der Waals surface area contributed by atoms with Crippen molar-refractivity contribution in [2.45, 2.75) is 20.3 Å². The molecule has 0 bridgehead atoms. The van der Waals surface area contributed by atoms with Crippen LogP contribution in [0.25, 0.3) is 5.78 Å². The fourth-order valence-electron chi connectivity index (χ4n) is 3.00. The molecular weight excluding hydrogens is 354 g/mol. The topological polar surface area (TPSA) is 92.2 Å². The van der Waals surface area contributed by atoms with Crippen molar-refractivity contribution in [1.29, 1.82) is 0 Å². The average molecular weight is 373 g/mol. The third-order valence-electron chi connectivity index (χ3n) is 4.56. The van der Waals surface area contributed by atoms with Gasteiger partial charge in [-0.1, -0.05) is 48.0 Å². The van der Waals surface area contributed by atoms with E-state index in [-0.39, 0.29) is 23.2 Å². The summed E-state index contributed by atoms with van der Waals surface area (Å²) in [4.78, 5) is 33.9. The smallest absolute Gasteiger partial charge is 0.277 e. The first-order chi connectivity index (χ1) is 13.5. The maximum Gasteiger partial charge on any atom is 0.277 e. The number of fused-ring (bicyclic) bond motifs is 1. The molecular formula is C21H19N5O2. The SMILES string of the molecule is Cc1ccc(C(=O)Nc2nc3nc(C)c(Cc4ccccc4)c(=O)n3[nH]2)cc1. The summed E-state index contributed by atoms with van der Waals surface area (Å²) in [5.74, 6) is 0.0817. The third-order valence-corrected chi connectivity index (χ3v) is 4.56. The molecule has 2 aromatic carbocycles. The molecule has 0 aliphatic heterocycles. The molecule has 140 valence electrons. The highest BCUT2D eigenvalue weighted by molar-refractivity contribution is 6.03. The van der Waals surface area contributed by atoms with Gasteiger partial charge in [-0.15, -0.1) is 0 Å². The number of carbonyl (C=O) groups excluding carboxylic acids is 1. The number of hydrogen-bond acceptors (Lipinski definition) is 4. The minimum absolute atomic E-state index is 0.173. The van der Waals surface area contributed by atoms with Gasteiger partial charge in [-0.25, -0.2) is 4.98 Å². The molecule has 0 saturated heterocycles. The Balaban J connectivity index is 1.65. The molecule has 2 N–H and O–H groups in total. The minimum Gasteiger partial charge on any atom is -0.291 e. The molecule has 2 aromatic heterocycles. The van der Waals surface area contributed by atoms with Crippen LogP contribution in [0.5, 0.6) is 0 Å². The molecule has 28 heavy (non-hydrogen) atoms. The number of benzene rings is 2. The zero-order valence-electron chi connectivity index (χ0n) is 15.6. The Morgan fingerprint density at radius 2 is 1.75 bits per heavy atom. The number of anilines is 1. The molecule has 1 amide bonds. The molecule has 0 saturated carbocycles. The molecule has 0 atom stereocenters. The van der Waals surface area contributed by atoms with Gasteiger partial charge in [0, 0.05) is 17.5 Å². The lowest BCUT2D eigenvalue weighted by molar-refractivity contribution is 0.102. The fourth-order valence-corrected chi connectivity index (χ4v) is 3.00. The number of amides is 1. The Kier molecular flexibility index (Phi) is 4.49. The summed E-state index contributed by atoms with van der Waals surface area (Å²) in [7, 11) is 0. The van der Waals surface area contributed by atoms with E-state index in [0.717, 1.165) is 11.1 Å². The van der Waals surface area contributed by atoms with Crippen LogP contribution in [0.2, 0.25) is 0 Å². The quantitative estimate of drug-likeness (QED) is 0.575. The molecule has 0 aliphatic rings. The Morgan fingerprint density at radius 3 is 2.46 bits per heavy atom. The van der Waals surface area contributed by atoms with Crippen molar-refractivity contribution >= 4 is 17.6 Å². The molecule has 0 spiro atoms. The van der Waals surface area contributed by atoms with E-state index in [1.54, 1.807) is 19.1 Å². The van der Waals surface area contributed by atoms with Crippen LogP contribution in [0.3, 0.4) is 0 Å². The number of aromatic nitrogens is 4. The van der Waals surface area contributed by atoms with Gasteiger partial charge >= 0.3 is 0 Å². The Bertz CT molecular complexity index is 1210. The number of nitrogens with zero attached hydrogens (tertiary/aromatic N) is 3. The summed E-state index contributed by atoms with van der Waals surface area (Å²) in [5.41, 5.74) is 3.58. The van der Waals surface area contributed by atoms with Crippen LogP contribution < -0.4 is 10.9 Å². The van der Waals surface area contributed by atoms with E-state index in [1.165, 1.54) is 4.52 Å². The van der Waals surface area contributed by atoms with E-state index in [2.05, 4.69) is 20.4 Å². The maximum absolute atomic E-state index is 12.9. The average Bonchev–Trinajstić information content (AvgIpc) is 3.09. The highest BCUT2D eigenvalue weighted by atomic mass is 16.2. The zero-order valence-corrected chi connectivity index (χ0v) is 15.6. The summed E-state index contributed by atoms with van der Waals surface area (Å²) in [6.07, 6.45) is 0.478. The summed E-state index contributed by atoms with van der Waals surface area (Å²) in [6.45, 7) is 3.74. The summed E-state index contributed by atoms with van der Waals surface area (Å²) in [6, 6.07) is 16.9. The van der Waals surface area contributed by atoms with Crippen molar-refractivity contribution in [1.82, 2.24) is 19.6 Å². The van der Waals surface area contributed by atoms with Gasteiger partial charge < -0.3 is 0 Å². The van der Waals surface area contributed by atoms with Gasteiger partial charge in [0.15, 0.2) is 0 Å². The van der Waals surface area contributed by atoms with E-state index in [9.17, 15) is 9.59 Å². The zero-order chi connectivity index (χ0) is 19.7. The van der Waals surface area contributed by atoms with Crippen molar-refractivity contribution in [3.8, 4) is 0 Å². The van der Waals surface area contributed by atoms with Gasteiger partial charge in [-0.05, 0) is 31.5 Å². The number of rotatable bonds is 4. The van der Waals surface area contributed by atoms with Gasteiger partial charge in [0.1, 0.15) is 0 Å². The molecule has 7 nitrogen and oxygen atoms in total. The molecule has 2 heterocycles. The first-order valence-electron chi connectivity index (χ1n) is 8.91. The van der Waals surface area contributed by atoms with Crippen LogP contribution >= 0.6 is 0 Å². The first kappa shape index (κ1) is 17.7. The predicted molar refractivity (Wildman–Crippen MR) is 107 cm³/mol. The van der Waals surface area contributed by atoms with Gasteiger partial charge in [-0.3, -0.25) is 20.0 Å². The fraction of sp³-hybridized carbons (Fsp3) is 0.143. The Morgan fingerprint density at radius 1 is 1.04 bits per heavy atom. The number of aromatic amines is 1. The highest BCUT2D eigenvalue weighted by Gasteiger charge is 2.15. The molecule has 4 rings (SSSR count). The maximum atomic E-state index is 12.9.